The van der Waals surface area contributed by atoms with Crippen LogP contribution in [0.4, 0.5) is 0 Å². The summed E-state index contributed by atoms with van der Waals surface area (Å²) in [7, 11) is 0. The summed E-state index contributed by atoms with van der Waals surface area (Å²) in [4.78, 5) is 0. The Hall–Kier alpha value is -1.39. The van der Waals surface area contributed by atoms with Crippen molar-refractivity contribution in [3.63, 3.8) is 0 Å². The molecule has 3 rings (SSSR count). The van der Waals surface area contributed by atoms with Gasteiger partial charge in [0, 0.05) is 0 Å². The minimum atomic E-state index is 0. The molecule has 0 unspecified atom stereocenters. The maximum Gasteiger partial charge on any atom is 2.00 e. The number of rotatable bonds is 0. The fourth-order valence-corrected chi connectivity index (χ4v) is 2.10. The standard InChI is InChI=1S/C11H9.C8H11.Pt/c1-9-5-4-7-10-6-2-3-8-11(9)10;1-6-4-5-7(2)8(6)3;/h2-8H,1H2;4-5H,1-3H3;/q2*-1;+2. The van der Waals surface area contributed by atoms with Crippen LogP contribution in [0.5, 0.6) is 0 Å². The molecule has 0 spiro atoms. The summed E-state index contributed by atoms with van der Waals surface area (Å²) in [6.07, 6.45) is 0. The van der Waals surface area contributed by atoms with E-state index in [1.807, 2.05) is 24.3 Å². The number of hydrogen-bond acceptors (Lipinski definition) is 0. The van der Waals surface area contributed by atoms with E-state index in [-0.39, 0.29) is 21.1 Å². The molecule has 0 radical (unpaired) electrons. The quantitative estimate of drug-likeness (QED) is 0.411. The maximum atomic E-state index is 3.95. The summed E-state index contributed by atoms with van der Waals surface area (Å²) in [6.45, 7) is 10.4. The smallest absolute Gasteiger partial charge is 0.210 e. The molecule has 0 aliphatic rings. The van der Waals surface area contributed by atoms with Crippen molar-refractivity contribution in [3.8, 4) is 0 Å². The summed E-state index contributed by atoms with van der Waals surface area (Å²) in [5.41, 5.74) is 5.35. The molecule has 0 aliphatic carbocycles. The number of fused-ring (bicyclic) bond motifs is 1. The molecule has 1 heteroatoms. The van der Waals surface area contributed by atoms with E-state index in [1.165, 1.54) is 27.5 Å². The molecule has 0 atom stereocenters. The molecule has 0 saturated carbocycles. The monoisotopic (exact) mass is 443 g/mol. The minimum Gasteiger partial charge on any atom is -0.210 e. The van der Waals surface area contributed by atoms with Crippen molar-refractivity contribution in [3.05, 3.63) is 83.8 Å². The molecular weight excluding hydrogens is 423 g/mol. The first-order chi connectivity index (χ1) is 9.09. The Bertz CT molecular complexity index is 652. The predicted molar refractivity (Wildman–Crippen MR) is 84.7 cm³/mol. The minimum absolute atomic E-state index is 0. The SMILES string of the molecule is Cc1cc[c-](C)c1C.[CH2-]c1cccc2ccccc12.[Pt+2]. The van der Waals surface area contributed by atoms with Gasteiger partial charge in [0.1, 0.15) is 0 Å². The van der Waals surface area contributed by atoms with E-state index < -0.39 is 0 Å². The fourth-order valence-electron chi connectivity index (χ4n) is 2.10. The average molecular weight is 443 g/mol. The van der Waals surface area contributed by atoms with Crippen LogP contribution in [0.3, 0.4) is 0 Å². The van der Waals surface area contributed by atoms with Gasteiger partial charge in [-0.2, -0.15) is 41.3 Å². The molecule has 0 saturated heterocycles. The van der Waals surface area contributed by atoms with Gasteiger partial charge in [0.15, 0.2) is 0 Å². The Labute approximate surface area is 136 Å². The second-order valence-electron chi connectivity index (χ2n) is 4.96. The molecule has 106 valence electrons. The van der Waals surface area contributed by atoms with Crippen LogP contribution in [0.1, 0.15) is 22.3 Å². The van der Waals surface area contributed by atoms with E-state index in [2.05, 4.69) is 58.0 Å². The van der Waals surface area contributed by atoms with E-state index >= 15 is 0 Å². The fraction of sp³-hybridized carbons (Fsp3) is 0.158. The number of hydrogen-bond donors (Lipinski definition) is 0. The topological polar surface area (TPSA) is 0 Å². The molecule has 3 aromatic carbocycles. The Morgan fingerprint density at radius 3 is 2.05 bits per heavy atom. The van der Waals surface area contributed by atoms with Gasteiger partial charge < -0.3 is 0 Å². The predicted octanol–water partition coefficient (Wildman–Crippen LogP) is 5.35. The summed E-state index contributed by atoms with van der Waals surface area (Å²) in [5, 5.41) is 2.51. The Morgan fingerprint density at radius 1 is 0.900 bits per heavy atom. The van der Waals surface area contributed by atoms with Crippen molar-refractivity contribution in [2.75, 3.05) is 0 Å². The van der Waals surface area contributed by atoms with Gasteiger partial charge in [-0.05, 0) is 0 Å². The van der Waals surface area contributed by atoms with Gasteiger partial charge in [-0.1, -0.05) is 50.4 Å². The second kappa shape index (κ2) is 7.41. The van der Waals surface area contributed by atoms with Crippen LogP contribution < -0.4 is 0 Å². The molecule has 0 nitrogen and oxygen atoms in total. The van der Waals surface area contributed by atoms with Crippen molar-refractivity contribution in [1.29, 1.82) is 0 Å². The van der Waals surface area contributed by atoms with Crippen molar-refractivity contribution in [2.24, 2.45) is 0 Å². The van der Waals surface area contributed by atoms with Gasteiger partial charge in [-0.3, -0.25) is 0 Å². The van der Waals surface area contributed by atoms with Gasteiger partial charge in [0.25, 0.3) is 0 Å². The zero-order valence-electron chi connectivity index (χ0n) is 12.2. The van der Waals surface area contributed by atoms with Crippen LogP contribution >= 0.6 is 0 Å². The van der Waals surface area contributed by atoms with Crippen LogP contribution in [0.25, 0.3) is 10.8 Å². The summed E-state index contributed by atoms with van der Waals surface area (Å²) in [5.74, 6) is 0. The molecule has 0 aliphatic heterocycles. The third-order valence-electron chi connectivity index (χ3n) is 3.65. The first-order valence-corrected chi connectivity index (χ1v) is 6.59. The molecule has 0 N–H and O–H groups in total. The third-order valence-corrected chi connectivity index (χ3v) is 3.65. The van der Waals surface area contributed by atoms with Crippen LogP contribution in [-0.2, 0) is 21.1 Å². The molecule has 0 fully saturated rings. The van der Waals surface area contributed by atoms with Crippen molar-refractivity contribution < 1.29 is 21.1 Å². The molecule has 3 aromatic rings. The molecule has 20 heavy (non-hydrogen) atoms. The van der Waals surface area contributed by atoms with Crippen LogP contribution in [0, 0.1) is 27.7 Å². The van der Waals surface area contributed by atoms with Crippen LogP contribution in [0.15, 0.2) is 54.6 Å². The van der Waals surface area contributed by atoms with Crippen LogP contribution in [-0.4, -0.2) is 0 Å². The van der Waals surface area contributed by atoms with Crippen molar-refractivity contribution in [2.45, 2.75) is 20.8 Å². The maximum absolute atomic E-state index is 3.95. The Balaban J connectivity index is 0.000000200. The summed E-state index contributed by atoms with van der Waals surface area (Å²) in [6, 6.07) is 18.8. The molecule has 0 bridgehead atoms. The van der Waals surface area contributed by atoms with Gasteiger partial charge >= 0.3 is 21.1 Å². The van der Waals surface area contributed by atoms with Gasteiger partial charge in [-0.25, -0.2) is 6.07 Å². The van der Waals surface area contributed by atoms with E-state index in [0.717, 1.165) is 5.56 Å². The van der Waals surface area contributed by atoms with Crippen LogP contribution in [0.2, 0.25) is 0 Å². The average Bonchev–Trinajstić information content (AvgIpc) is 2.72. The van der Waals surface area contributed by atoms with E-state index in [1.54, 1.807) is 0 Å². The first-order valence-electron chi connectivity index (χ1n) is 6.59. The first kappa shape index (κ1) is 16.7. The normalized spacial score (nSPS) is 9.55. The van der Waals surface area contributed by atoms with Crippen molar-refractivity contribution >= 4 is 10.8 Å². The zero-order valence-corrected chi connectivity index (χ0v) is 14.5. The van der Waals surface area contributed by atoms with E-state index in [9.17, 15) is 0 Å². The molecule has 0 heterocycles. The van der Waals surface area contributed by atoms with E-state index in [0.29, 0.717) is 0 Å². The second-order valence-corrected chi connectivity index (χ2v) is 4.96. The summed E-state index contributed by atoms with van der Waals surface area (Å²) < 4.78 is 0. The van der Waals surface area contributed by atoms with Gasteiger partial charge in [0.2, 0.25) is 0 Å². The van der Waals surface area contributed by atoms with Crippen molar-refractivity contribution in [1.82, 2.24) is 0 Å². The zero-order chi connectivity index (χ0) is 13.8. The summed E-state index contributed by atoms with van der Waals surface area (Å²) >= 11 is 0. The molecule has 0 amide bonds. The number of benzene rings is 2. The third kappa shape index (κ3) is 3.81. The van der Waals surface area contributed by atoms with Gasteiger partial charge in [0.05, 0.1) is 0 Å². The Kier molecular flexibility index (Phi) is 6.17. The van der Waals surface area contributed by atoms with E-state index in [4.69, 9.17) is 0 Å². The van der Waals surface area contributed by atoms with Gasteiger partial charge in [-0.15, -0.1) is 17.5 Å². The molecule has 0 aromatic heterocycles. The largest absolute Gasteiger partial charge is 2.00 e. The number of aryl methyl sites for hydroxylation is 2. The molecular formula is C19H20Pt. The Morgan fingerprint density at radius 2 is 1.55 bits per heavy atom.